The smallest absolute Gasteiger partial charge is 0.311 e. The standard InChI is InChI=1S/C15H30N2O4S2.C12H24N2O4S2/c1-7-16(8-2)13(18)22(20)11-15(5,6)12-23(21)14(19)17(9-3)10-4;1-5-13(6-2)11(15)19(17)9-10-20(18)12(16)14(7-3)8-4/h7-12H2,1-6H3;5-10H2,1-4H3. The molecule has 4 amide bonds. The molecule has 0 aliphatic carbocycles. The number of nitrogens with zero attached hydrogens (tertiary/aromatic N) is 4. The lowest BCUT2D eigenvalue weighted by Crippen LogP contribution is -2.40. The predicted octanol–water partition coefficient (Wildman–Crippen LogP) is 3.84. The van der Waals surface area contributed by atoms with Crippen molar-refractivity contribution in [3.8, 4) is 0 Å². The van der Waals surface area contributed by atoms with Crippen LogP contribution in [0, 0.1) is 5.41 Å². The Balaban J connectivity index is 0. The Bertz CT molecular complexity index is 917. The Morgan fingerprint density at radius 1 is 0.419 bits per heavy atom. The average molecular weight is 691 g/mol. The molecule has 4 atom stereocenters. The topological polar surface area (TPSA) is 150 Å². The van der Waals surface area contributed by atoms with Gasteiger partial charge in [-0.1, -0.05) is 13.8 Å². The van der Waals surface area contributed by atoms with Crippen molar-refractivity contribution in [1.82, 2.24) is 19.6 Å². The molecule has 0 aromatic carbocycles. The van der Waals surface area contributed by atoms with Gasteiger partial charge in [0.2, 0.25) is 0 Å². The van der Waals surface area contributed by atoms with Crippen molar-refractivity contribution in [3.63, 3.8) is 0 Å². The first-order valence-corrected chi connectivity index (χ1v) is 20.0. The predicted molar refractivity (Wildman–Crippen MR) is 179 cm³/mol. The Kier molecular flexibility index (Phi) is 23.2. The Morgan fingerprint density at radius 2 is 0.605 bits per heavy atom. The van der Waals surface area contributed by atoms with E-state index in [1.807, 2.05) is 27.7 Å². The number of carbonyl (C=O) groups is 4. The van der Waals surface area contributed by atoms with Crippen LogP contribution in [0.4, 0.5) is 19.2 Å². The zero-order chi connectivity index (χ0) is 33.9. The van der Waals surface area contributed by atoms with E-state index >= 15 is 0 Å². The summed E-state index contributed by atoms with van der Waals surface area (Å²) in [5.41, 5.74) is -0.624. The molecule has 0 saturated heterocycles. The van der Waals surface area contributed by atoms with Crippen molar-refractivity contribution in [2.45, 2.75) is 69.2 Å². The molecule has 0 rings (SSSR count). The summed E-state index contributed by atoms with van der Waals surface area (Å²) in [6.45, 7) is 22.1. The van der Waals surface area contributed by atoms with E-state index in [0.717, 1.165) is 0 Å². The Hall–Kier alpha value is -1.52. The molecular formula is C27H54N4O8S4. The zero-order valence-electron chi connectivity index (χ0n) is 27.7. The van der Waals surface area contributed by atoms with Gasteiger partial charge in [-0.05, 0) is 60.8 Å². The van der Waals surface area contributed by atoms with Gasteiger partial charge in [0.1, 0.15) is 43.2 Å². The van der Waals surface area contributed by atoms with Crippen molar-refractivity contribution < 1.29 is 36.0 Å². The lowest BCUT2D eigenvalue weighted by molar-refractivity contribution is 0.226. The Labute approximate surface area is 268 Å². The highest BCUT2D eigenvalue weighted by atomic mass is 32.2. The quantitative estimate of drug-likeness (QED) is 0.252. The molecule has 0 bridgehead atoms. The summed E-state index contributed by atoms with van der Waals surface area (Å²) in [7, 11) is -6.81. The van der Waals surface area contributed by atoms with Crippen molar-refractivity contribution in [2.75, 3.05) is 75.4 Å². The van der Waals surface area contributed by atoms with Crippen LogP contribution in [0.15, 0.2) is 0 Å². The van der Waals surface area contributed by atoms with E-state index in [1.54, 1.807) is 41.5 Å². The summed E-state index contributed by atoms with van der Waals surface area (Å²) in [5.74, 6) is 0.100. The van der Waals surface area contributed by atoms with Gasteiger partial charge in [0.15, 0.2) is 0 Å². The number of amides is 4. The molecule has 0 aliphatic heterocycles. The monoisotopic (exact) mass is 690 g/mol. The van der Waals surface area contributed by atoms with Gasteiger partial charge < -0.3 is 19.6 Å². The van der Waals surface area contributed by atoms with Gasteiger partial charge in [-0.3, -0.25) is 19.2 Å². The molecule has 0 saturated carbocycles. The number of hydrogen-bond donors (Lipinski definition) is 0. The maximum absolute atomic E-state index is 12.2. The minimum atomic E-state index is -1.73. The van der Waals surface area contributed by atoms with Gasteiger partial charge in [-0.25, -0.2) is 16.8 Å². The molecule has 254 valence electrons. The second-order valence-corrected chi connectivity index (χ2v) is 15.6. The van der Waals surface area contributed by atoms with Crippen LogP contribution >= 0.6 is 0 Å². The fourth-order valence-corrected chi connectivity index (χ4v) is 9.45. The fraction of sp³-hybridized carbons (Fsp3) is 0.852. The normalized spacial score (nSPS) is 13.9. The molecule has 12 nitrogen and oxygen atoms in total. The van der Waals surface area contributed by atoms with Gasteiger partial charge in [-0.15, -0.1) is 0 Å². The van der Waals surface area contributed by atoms with E-state index in [9.17, 15) is 36.0 Å². The summed E-state index contributed by atoms with van der Waals surface area (Å²) in [6.07, 6.45) is 0. The van der Waals surface area contributed by atoms with Gasteiger partial charge in [-0.2, -0.15) is 0 Å². The van der Waals surface area contributed by atoms with E-state index in [-0.39, 0.29) is 23.0 Å². The zero-order valence-corrected chi connectivity index (χ0v) is 30.9. The first-order valence-electron chi connectivity index (χ1n) is 14.7. The number of carbonyl (C=O) groups excluding carboxylic acids is 4. The molecular weight excluding hydrogens is 637 g/mol. The van der Waals surface area contributed by atoms with E-state index in [1.165, 1.54) is 19.6 Å². The molecule has 0 fully saturated rings. The minimum absolute atomic E-state index is 0.0467. The fourth-order valence-electron chi connectivity index (χ4n) is 3.70. The molecule has 0 heterocycles. The lowest BCUT2D eigenvalue weighted by Gasteiger charge is -2.26. The van der Waals surface area contributed by atoms with Crippen molar-refractivity contribution in [1.29, 1.82) is 0 Å². The first kappa shape index (κ1) is 43.6. The summed E-state index contributed by atoms with van der Waals surface area (Å²) in [5, 5.41) is -1.71. The van der Waals surface area contributed by atoms with Crippen molar-refractivity contribution in [2.24, 2.45) is 5.41 Å². The van der Waals surface area contributed by atoms with Crippen LogP contribution in [0.5, 0.6) is 0 Å². The first-order chi connectivity index (χ1) is 20.0. The maximum Gasteiger partial charge on any atom is 0.311 e. The molecule has 0 aromatic heterocycles. The van der Waals surface area contributed by atoms with Crippen LogP contribution in [0.1, 0.15) is 69.2 Å². The lowest BCUT2D eigenvalue weighted by atomic mass is 10.0. The van der Waals surface area contributed by atoms with Crippen LogP contribution in [-0.2, 0) is 43.2 Å². The highest BCUT2D eigenvalue weighted by molar-refractivity contribution is 8.03. The average Bonchev–Trinajstić information content (AvgIpc) is 2.97. The molecule has 16 heteroatoms. The second-order valence-electron chi connectivity index (χ2n) is 10.00. The second kappa shape index (κ2) is 22.9. The maximum atomic E-state index is 12.2. The highest BCUT2D eigenvalue weighted by Crippen LogP contribution is 2.20. The van der Waals surface area contributed by atoms with Gasteiger partial charge in [0, 0.05) is 75.4 Å². The summed E-state index contributed by atoms with van der Waals surface area (Å²) >= 11 is 0. The van der Waals surface area contributed by atoms with E-state index in [0.29, 0.717) is 52.4 Å². The molecule has 4 unspecified atom stereocenters. The number of rotatable bonds is 15. The molecule has 43 heavy (non-hydrogen) atoms. The third kappa shape index (κ3) is 15.9. The van der Waals surface area contributed by atoms with Crippen LogP contribution in [0.3, 0.4) is 0 Å². The van der Waals surface area contributed by atoms with E-state index in [2.05, 4.69) is 0 Å². The highest BCUT2D eigenvalue weighted by Gasteiger charge is 2.31. The minimum Gasteiger partial charge on any atom is -0.332 e. The SMILES string of the molecule is CCN(CC)C(=O)S(=O)CC(C)(C)CS(=O)C(=O)N(CC)CC.CCN(CC)C(=O)S(=O)CCS(=O)C(=O)N(CC)CC. The van der Waals surface area contributed by atoms with Crippen LogP contribution in [-0.4, -0.2) is 133 Å². The number of hydrogen-bond acceptors (Lipinski definition) is 8. The molecule has 0 N–H and O–H groups in total. The Morgan fingerprint density at radius 3 is 0.791 bits per heavy atom. The van der Waals surface area contributed by atoms with Crippen LogP contribution < -0.4 is 0 Å². The molecule has 0 aliphatic rings. The van der Waals surface area contributed by atoms with Crippen LogP contribution in [0.25, 0.3) is 0 Å². The van der Waals surface area contributed by atoms with E-state index in [4.69, 9.17) is 0 Å². The van der Waals surface area contributed by atoms with Gasteiger partial charge >= 0.3 is 21.0 Å². The molecule has 0 radical (unpaired) electrons. The van der Waals surface area contributed by atoms with Crippen molar-refractivity contribution in [3.05, 3.63) is 0 Å². The third-order valence-corrected chi connectivity index (χ3v) is 12.4. The van der Waals surface area contributed by atoms with Gasteiger partial charge in [0.05, 0.1) is 0 Å². The molecule has 0 aromatic rings. The van der Waals surface area contributed by atoms with E-state index < -0.39 is 69.6 Å². The van der Waals surface area contributed by atoms with Gasteiger partial charge in [0.25, 0.3) is 0 Å². The third-order valence-electron chi connectivity index (χ3n) is 6.36. The largest absolute Gasteiger partial charge is 0.332 e. The van der Waals surface area contributed by atoms with Crippen molar-refractivity contribution >= 4 is 64.2 Å². The summed E-state index contributed by atoms with van der Waals surface area (Å²) < 4.78 is 48.1. The summed E-state index contributed by atoms with van der Waals surface area (Å²) in [6, 6.07) is 0. The molecule has 0 spiro atoms. The summed E-state index contributed by atoms with van der Waals surface area (Å²) in [4.78, 5) is 53.7. The van der Waals surface area contributed by atoms with Crippen LogP contribution in [0.2, 0.25) is 0 Å².